The summed E-state index contributed by atoms with van der Waals surface area (Å²) in [5, 5.41) is 4.02. The van der Waals surface area contributed by atoms with Crippen LogP contribution < -0.4 is 0 Å². The monoisotopic (exact) mass is 377 g/mol. The molecule has 4 rings (SSSR count). The van der Waals surface area contributed by atoms with E-state index in [1.807, 2.05) is 7.05 Å². The molecule has 2 aliphatic rings. The molecule has 1 atom stereocenters. The fraction of sp³-hybridized carbons (Fsp3) is 0.556. The second kappa shape index (κ2) is 7.30. The average molecular weight is 377 g/mol. The molecule has 0 spiro atoms. The summed E-state index contributed by atoms with van der Waals surface area (Å²) in [6.45, 7) is 1.36. The first-order valence-corrected chi connectivity index (χ1v) is 9.14. The summed E-state index contributed by atoms with van der Waals surface area (Å²) < 4.78 is 33.0. The van der Waals surface area contributed by atoms with E-state index in [9.17, 15) is 13.6 Å². The molecule has 2 aromatic heterocycles. The molecule has 0 aromatic carbocycles. The van der Waals surface area contributed by atoms with Crippen molar-refractivity contribution in [2.75, 3.05) is 20.1 Å². The van der Waals surface area contributed by atoms with E-state index in [2.05, 4.69) is 20.0 Å². The number of likely N-dealkylation sites (N-methyl/N-ethyl adjacent to an activating group) is 1. The van der Waals surface area contributed by atoms with Gasteiger partial charge in [0, 0.05) is 25.0 Å². The topological polar surface area (TPSA) is 75.4 Å². The van der Waals surface area contributed by atoms with Crippen LogP contribution in [0.25, 0.3) is 0 Å². The van der Waals surface area contributed by atoms with Gasteiger partial charge in [0.25, 0.3) is 5.91 Å². The first kappa shape index (κ1) is 18.0. The van der Waals surface area contributed by atoms with Gasteiger partial charge in [0.2, 0.25) is 5.89 Å². The molecule has 2 aromatic rings. The molecule has 0 bridgehead atoms. The van der Waals surface area contributed by atoms with E-state index >= 15 is 0 Å². The summed E-state index contributed by atoms with van der Waals surface area (Å²) in [6.07, 6.45) is 5.55. The highest BCUT2D eigenvalue weighted by Crippen LogP contribution is 2.38. The Labute approximate surface area is 155 Å². The molecule has 2 fully saturated rings. The maximum Gasteiger partial charge on any atom is 0.260 e. The van der Waals surface area contributed by atoms with Gasteiger partial charge in [-0.1, -0.05) is 5.16 Å². The van der Waals surface area contributed by atoms with Gasteiger partial charge in [-0.15, -0.1) is 0 Å². The zero-order valence-electron chi connectivity index (χ0n) is 15.1. The Kier molecular flexibility index (Phi) is 4.86. The molecule has 1 aliphatic heterocycles. The summed E-state index contributed by atoms with van der Waals surface area (Å²) in [4.78, 5) is 24.0. The van der Waals surface area contributed by atoms with E-state index in [4.69, 9.17) is 4.52 Å². The van der Waals surface area contributed by atoms with Gasteiger partial charge in [0.05, 0.1) is 18.9 Å². The number of hydrogen-bond acceptors (Lipinski definition) is 6. The van der Waals surface area contributed by atoms with Crippen molar-refractivity contribution in [1.82, 2.24) is 24.9 Å². The molecule has 1 saturated carbocycles. The molecular formula is C18H21F2N5O2. The maximum atomic E-state index is 13.9. The maximum absolute atomic E-state index is 13.9. The van der Waals surface area contributed by atoms with E-state index in [0.29, 0.717) is 37.3 Å². The number of likely N-dealkylation sites (tertiary alicyclic amines) is 1. The van der Waals surface area contributed by atoms with E-state index < -0.39 is 23.1 Å². The van der Waals surface area contributed by atoms with E-state index in [0.717, 1.165) is 38.1 Å². The quantitative estimate of drug-likeness (QED) is 0.796. The second-order valence-corrected chi connectivity index (χ2v) is 7.26. The van der Waals surface area contributed by atoms with Crippen LogP contribution >= 0.6 is 0 Å². The summed E-state index contributed by atoms with van der Waals surface area (Å²) in [6, 6.07) is 0.0542. The third-order valence-corrected chi connectivity index (χ3v) is 5.18. The smallest absolute Gasteiger partial charge is 0.260 e. The van der Waals surface area contributed by atoms with Crippen molar-refractivity contribution in [1.29, 1.82) is 0 Å². The lowest BCUT2D eigenvalue weighted by atomic mass is 10.0. The Morgan fingerprint density at radius 3 is 2.74 bits per heavy atom. The molecule has 1 unspecified atom stereocenters. The van der Waals surface area contributed by atoms with Crippen molar-refractivity contribution in [3.8, 4) is 0 Å². The van der Waals surface area contributed by atoms with E-state index in [-0.39, 0.29) is 6.04 Å². The summed E-state index contributed by atoms with van der Waals surface area (Å²) >= 11 is 0. The minimum Gasteiger partial charge on any atom is -0.339 e. The number of piperidine rings is 1. The Bertz CT molecular complexity index is 819. The fourth-order valence-electron chi connectivity index (χ4n) is 3.45. The van der Waals surface area contributed by atoms with Gasteiger partial charge in [-0.05, 0) is 32.7 Å². The van der Waals surface area contributed by atoms with Crippen molar-refractivity contribution in [3.05, 3.63) is 41.3 Å². The fourth-order valence-corrected chi connectivity index (χ4v) is 3.45. The lowest BCUT2D eigenvalue weighted by Gasteiger charge is -2.37. The first-order chi connectivity index (χ1) is 13.0. The number of amides is 1. The van der Waals surface area contributed by atoms with Gasteiger partial charge in [0.15, 0.2) is 17.5 Å². The number of nitrogens with zero attached hydrogens (tertiary/aromatic N) is 5. The van der Waals surface area contributed by atoms with Crippen LogP contribution in [0.5, 0.6) is 0 Å². The number of halogens is 2. The van der Waals surface area contributed by atoms with Gasteiger partial charge in [0.1, 0.15) is 5.56 Å². The number of carbonyl (C=O) groups excluding carboxylic acids is 1. The van der Waals surface area contributed by atoms with Crippen LogP contribution in [0, 0.1) is 11.6 Å². The van der Waals surface area contributed by atoms with E-state index in [1.54, 1.807) is 0 Å². The standard InChI is InChI=1S/C18H21F2N5O2/c1-24(10-15-22-17(27-23-15)11-4-5-11)12-3-2-6-25(9-12)18(26)16-13(19)7-21-8-14(16)20/h7-8,11-12H,2-6,9-10H2,1H3. The van der Waals surface area contributed by atoms with Crippen LogP contribution in [0.3, 0.4) is 0 Å². The Morgan fingerprint density at radius 2 is 2.04 bits per heavy atom. The molecule has 0 N–H and O–H groups in total. The molecule has 1 amide bonds. The molecule has 27 heavy (non-hydrogen) atoms. The van der Waals surface area contributed by atoms with Crippen LogP contribution in [0.4, 0.5) is 8.78 Å². The minimum absolute atomic E-state index is 0.0542. The molecule has 0 radical (unpaired) electrons. The molecule has 144 valence electrons. The van der Waals surface area contributed by atoms with Gasteiger partial charge >= 0.3 is 0 Å². The third-order valence-electron chi connectivity index (χ3n) is 5.18. The van der Waals surface area contributed by atoms with Crippen molar-refractivity contribution < 1.29 is 18.1 Å². The summed E-state index contributed by atoms with van der Waals surface area (Å²) in [5.74, 6) is -0.785. The highest BCUT2D eigenvalue weighted by Gasteiger charge is 2.32. The van der Waals surface area contributed by atoms with Gasteiger partial charge in [-0.25, -0.2) is 8.78 Å². The second-order valence-electron chi connectivity index (χ2n) is 7.26. The SMILES string of the molecule is CN(Cc1noc(C2CC2)n1)C1CCCN(C(=O)c2c(F)cncc2F)C1. The van der Waals surface area contributed by atoms with Gasteiger partial charge in [-0.3, -0.25) is 14.7 Å². The predicted octanol–water partition coefficient (Wildman–Crippen LogP) is 2.36. The molecule has 1 saturated heterocycles. The number of rotatable bonds is 5. The number of hydrogen-bond donors (Lipinski definition) is 0. The van der Waals surface area contributed by atoms with Crippen LogP contribution in [-0.2, 0) is 6.54 Å². The van der Waals surface area contributed by atoms with Gasteiger partial charge in [-0.2, -0.15) is 4.98 Å². The van der Waals surface area contributed by atoms with Crippen molar-refractivity contribution in [2.45, 2.75) is 44.2 Å². The van der Waals surface area contributed by atoms with Crippen LogP contribution in [0.15, 0.2) is 16.9 Å². The number of carbonyl (C=O) groups is 1. The largest absolute Gasteiger partial charge is 0.339 e. The Balaban J connectivity index is 1.41. The highest BCUT2D eigenvalue weighted by molar-refractivity contribution is 5.94. The zero-order valence-corrected chi connectivity index (χ0v) is 15.1. The molecular weight excluding hydrogens is 356 g/mol. The lowest BCUT2D eigenvalue weighted by Crippen LogP contribution is -2.48. The zero-order chi connectivity index (χ0) is 19.0. The highest BCUT2D eigenvalue weighted by atomic mass is 19.1. The normalized spacial score (nSPS) is 20.3. The van der Waals surface area contributed by atoms with E-state index in [1.165, 1.54) is 4.90 Å². The molecule has 3 heterocycles. The lowest BCUT2D eigenvalue weighted by molar-refractivity contribution is 0.0589. The molecule has 9 heteroatoms. The van der Waals surface area contributed by atoms with Crippen molar-refractivity contribution in [2.24, 2.45) is 0 Å². The van der Waals surface area contributed by atoms with Gasteiger partial charge < -0.3 is 9.42 Å². The van der Waals surface area contributed by atoms with Crippen LogP contribution in [0.2, 0.25) is 0 Å². The Morgan fingerprint density at radius 1 is 1.30 bits per heavy atom. The van der Waals surface area contributed by atoms with Crippen LogP contribution in [-0.4, -0.2) is 57.0 Å². The average Bonchev–Trinajstić information content (AvgIpc) is 3.41. The third kappa shape index (κ3) is 3.83. The molecule has 1 aliphatic carbocycles. The minimum atomic E-state index is -0.935. The number of aromatic nitrogens is 3. The first-order valence-electron chi connectivity index (χ1n) is 9.14. The summed E-state index contributed by atoms with van der Waals surface area (Å²) in [7, 11) is 1.93. The molecule has 7 nitrogen and oxygen atoms in total. The van der Waals surface area contributed by atoms with Crippen LogP contribution in [0.1, 0.15) is 53.7 Å². The predicted molar refractivity (Wildman–Crippen MR) is 90.8 cm³/mol. The van der Waals surface area contributed by atoms with Crippen molar-refractivity contribution >= 4 is 5.91 Å². The summed E-state index contributed by atoms with van der Waals surface area (Å²) in [5.41, 5.74) is -0.541. The van der Waals surface area contributed by atoms with Crippen molar-refractivity contribution in [3.63, 3.8) is 0 Å². The number of pyridine rings is 1. The Hall–Kier alpha value is -2.42.